The predicted octanol–water partition coefficient (Wildman–Crippen LogP) is 2.04. The Hall–Kier alpha value is 0.270. The van der Waals surface area contributed by atoms with E-state index in [9.17, 15) is 0 Å². The molecule has 0 aliphatic carbocycles. The number of hydrogen-bond donors (Lipinski definition) is 2. The quantitative estimate of drug-likeness (QED) is 0.597. The molecular formula is C10H22O2S. The molecule has 0 aliphatic rings. The standard InChI is InChI=1S/C10H22O2S/c1-9(11)5-3-7-13-8-4-6-10(2)12/h9-12H,3-8H2,1-2H3. The van der Waals surface area contributed by atoms with Crippen molar-refractivity contribution in [3.63, 3.8) is 0 Å². The van der Waals surface area contributed by atoms with E-state index in [2.05, 4.69) is 0 Å². The summed E-state index contributed by atoms with van der Waals surface area (Å²) in [6.45, 7) is 3.66. The fourth-order valence-corrected chi connectivity index (χ4v) is 2.01. The minimum absolute atomic E-state index is 0.155. The number of rotatable bonds is 8. The van der Waals surface area contributed by atoms with E-state index in [0.717, 1.165) is 37.2 Å². The molecule has 0 spiro atoms. The van der Waals surface area contributed by atoms with E-state index in [1.54, 1.807) is 0 Å². The highest BCUT2D eigenvalue weighted by atomic mass is 32.2. The Labute approximate surface area is 85.7 Å². The summed E-state index contributed by atoms with van der Waals surface area (Å²) in [5, 5.41) is 18.0. The van der Waals surface area contributed by atoms with Gasteiger partial charge in [0.2, 0.25) is 0 Å². The average molecular weight is 206 g/mol. The molecule has 3 heteroatoms. The number of aliphatic hydroxyl groups excluding tert-OH is 2. The maximum Gasteiger partial charge on any atom is 0.0512 e. The van der Waals surface area contributed by atoms with Crippen LogP contribution in [0.15, 0.2) is 0 Å². The minimum Gasteiger partial charge on any atom is -0.393 e. The van der Waals surface area contributed by atoms with E-state index in [-0.39, 0.29) is 12.2 Å². The monoisotopic (exact) mass is 206 g/mol. The van der Waals surface area contributed by atoms with Crippen molar-refractivity contribution in [2.24, 2.45) is 0 Å². The number of aliphatic hydroxyl groups is 2. The maximum atomic E-state index is 8.99. The van der Waals surface area contributed by atoms with Crippen LogP contribution in [0.3, 0.4) is 0 Å². The van der Waals surface area contributed by atoms with E-state index >= 15 is 0 Å². The molecular weight excluding hydrogens is 184 g/mol. The summed E-state index contributed by atoms with van der Waals surface area (Å²) in [7, 11) is 0. The zero-order valence-electron chi connectivity index (χ0n) is 8.70. The Kier molecular flexibility index (Phi) is 9.03. The van der Waals surface area contributed by atoms with Crippen LogP contribution in [0.25, 0.3) is 0 Å². The van der Waals surface area contributed by atoms with Crippen molar-refractivity contribution < 1.29 is 10.2 Å². The van der Waals surface area contributed by atoms with Crippen LogP contribution in [0, 0.1) is 0 Å². The fourth-order valence-electron chi connectivity index (χ4n) is 1.06. The van der Waals surface area contributed by atoms with Gasteiger partial charge in [0, 0.05) is 0 Å². The Bertz CT molecular complexity index is 93.1. The van der Waals surface area contributed by atoms with Crippen molar-refractivity contribution in [2.45, 2.75) is 51.7 Å². The first-order valence-corrected chi connectivity index (χ1v) is 6.22. The minimum atomic E-state index is -0.155. The zero-order chi connectivity index (χ0) is 10.1. The first-order chi connectivity index (χ1) is 6.13. The first kappa shape index (κ1) is 13.3. The smallest absolute Gasteiger partial charge is 0.0512 e. The van der Waals surface area contributed by atoms with Crippen LogP contribution in [0.5, 0.6) is 0 Å². The lowest BCUT2D eigenvalue weighted by molar-refractivity contribution is 0.184. The molecule has 2 atom stereocenters. The lowest BCUT2D eigenvalue weighted by atomic mass is 10.2. The molecule has 13 heavy (non-hydrogen) atoms. The van der Waals surface area contributed by atoms with Crippen molar-refractivity contribution in [1.29, 1.82) is 0 Å². The Balaban J connectivity index is 2.92. The van der Waals surface area contributed by atoms with Crippen molar-refractivity contribution in [3.8, 4) is 0 Å². The molecule has 0 saturated heterocycles. The molecule has 0 amide bonds. The fraction of sp³-hybridized carbons (Fsp3) is 1.00. The number of thioether (sulfide) groups is 1. The zero-order valence-corrected chi connectivity index (χ0v) is 9.52. The van der Waals surface area contributed by atoms with Crippen molar-refractivity contribution >= 4 is 11.8 Å². The summed E-state index contributed by atoms with van der Waals surface area (Å²) in [4.78, 5) is 0. The Morgan fingerprint density at radius 1 is 0.923 bits per heavy atom. The van der Waals surface area contributed by atoms with Crippen LogP contribution in [-0.4, -0.2) is 33.9 Å². The van der Waals surface area contributed by atoms with Crippen molar-refractivity contribution in [2.75, 3.05) is 11.5 Å². The molecule has 0 bridgehead atoms. The van der Waals surface area contributed by atoms with E-state index in [0.29, 0.717) is 0 Å². The Morgan fingerprint density at radius 3 is 1.62 bits per heavy atom. The summed E-state index contributed by atoms with van der Waals surface area (Å²) in [5.74, 6) is 2.26. The van der Waals surface area contributed by atoms with Gasteiger partial charge in [-0.3, -0.25) is 0 Å². The van der Waals surface area contributed by atoms with E-state index < -0.39 is 0 Å². The average Bonchev–Trinajstić information content (AvgIpc) is 2.01. The van der Waals surface area contributed by atoms with Crippen LogP contribution in [0.4, 0.5) is 0 Å². The molecule has 80 valence electrons. The molecule has 2 unspecified atom stereocenters. The van der Waals surface area contributed by atoms with Gasteiger partial charge in [0.15, 0.2) is 0 Å². The topological polar surface area (TPSA) is 40.5 Å². The van der Waals surface area contributed by atoms with E-state index in [4.69, 9.17) is 10.2 Å². The second-order valence-electron chi connectivity index (χ2n) is 3.59. The normalized spacial score (nSPS) is 15.7. The molecule has 0 aliphatic heterocycles. The van der Waals surface area contributed by atoms with Gasteiger partial charge in [-0.2, -0.15) is 11.8 Å². The second kappa shape index (κ2) is 8.85. The van der Waals surface area contributed by atoms with Crippen LogP contribution >= 0.6 is 11.8 Å². The van der Waals surface area contributed by atoms with E-state index in [1.807, 2.05) is 25.6 Å². The van der Waals surface area contributed by atoms with Gasteiger partial charge in [-0.1, -0.05) is 0 Å². The lowest BCUT2D eigenvalue weighted by Gasteiger charge is -2.05. The van der Waals surface area contributed by atoms with Crippen LogP contribution in [-0.2, 0) is 0 Å². The SMILES string of the molecule is CC(O)CCCSCCCC(C)O. The molecule has 0 heterocycles. The third kappa shape index (κ3) is 12.3. The summed E-state index contributed by atoms with van der Waals surface area (Å²) in [6.07, 6.45) is 3.69. The van der Waals surface area contributed by atoms with Gasteiger partial charge >= 0.3 is 0 Å². The molecule has 0 aromatic rings. The van der Waals surface area contributed by atoms with Crippen molar-refractivity contribution in [1.82, 2.24) is 0 Å². The molecule has 0 fully saturated rings. The van der Waals surface area contributed by atoms with Gasteiger partial charge in [-0.05, 0) is 51.0 Å². The maximum absolute atomic E-state index is 8.99. The number of hydrogen-bond acceptors (Lipinski definition) is 3. The predicted molar refractivity (Wildman–Crippen MR) is 59.2 cm³/mol. The Morgan fingerprint density at radius 2 is 1.31 bits per heavy atom. The molecule has 0 aromatic heterocycles. The highest BCUT2D eigenvalue weighted by molar-refractivity contribution is 7.99. The van der Waals surface area contributed by atoms with Gasteiger partial charge in [-0.25, -0.2) is 0 Å². The third-order valence-electron chi connectivity index (χ3n) is 1.82. The molecule has 0 aromatic carbocycles. The van der Waals surface area contributed by atoms with Gasteiger partial charge in [0.05, 0.1) is 12.2 Å². The first-order valence-electron chi connectivity index (χ1n) is 5.06. The highest BCUT2D eigenvalue weighted by Gasteiger charge is 1.97. The van der Waals surface area contributed by atoms with Gasteiger partial charge in [0.1, 0.15) is 0 Å². The van der Waals surface area contributed by atoms with Crippen LogP contribution < -0.4 is 0 Å². The summed E-state index contributed by atoms with van der Waals surface area (Å²) in [6, 6.07) is 0. The van der Waals surface area contributed by atoms with E-state index in [1.165, 1.54) is 0 Å². The van der Waals surface area contributed by atoms with Gasteiger partial charge < -0.3 is 10.2 Å². The molecule has 0 rings (SSSR count). The van der Waals surface area contributed by atoms with Gasteiger partial charge in [-0.15, -0.1) is 0 Å². The molecule has 0 saturated carbocycles. The van der Waals surface area contributed by atoms with Gasteiger partial charge in [0.25, 0.3) is 0 Å². The molecule has 2 N–H and O–H groups in total. The van der Waals surface area contributed by atoms with Crippen molar-refractivity contribution in [3.05, 3.63) is 0 Å². The second-order valence-corrected chi connectivity index (χ2v) is 4.82. The molecule has 0 radical (unpaired) electrons. The summed E-state index contributed by atoms with van der Waals surface area (Å²) in [5.41, 5.74) is 0. The van der Waals surface area contributed by atoms with Crippen LogP contribution in [0.1, 0.15) is 39.5 Å². The van der Waals surface area contributed by atoms with Crippen LogP contribution in [0.2, 0.25) is 0 Å². The summed E-state index contributed by atoms with van der Waals surface area (Å²) >= 11 is 1.91. The summed E-state index contributed by atoms with van der Waals surface area (Å²) < 4.78 is 0. The lowest BCUT2D eigenvalue weighted by Crippen LogP contribution is -2.01. The third-order valence-corrected chi connectivity index (χ3v) is 2.98. The largest absolute Gasteiger partial charge is 0.393 e. The highest BCUT2D eigenvalue weighted by Crippen LogP contribution is 2.09. The molecule has 2 nitrogen and oxygen atoms in total.